The Kier molecular flexibility index (Phi) is 3.46. The summed E-state index contributed by atoms with van der Waals surface area (Å²) in [6.45, 7) is 0. The maximum Gasteiger partial charge on any atom is 0.253 e. The molecule has 2 heterocycles. The van der Waals surface area contributed by atoms with Gasteiger partial charge in [-0.3, -0.25) is 9.79 Å². The highest BCUT2D eigenvalue weighted by Crippen LogP contribution is 2.23. The van der Waals surface area contributed by atoms with Crippen LogP contribution in [0.5, 0.6) is 0 Å². The fourth-order valence-electron chi connectivity index (χ4n) is 1.54. The van der Waals surface area contributed by atoms with E-state index in [1.165, 1.54) is 6.07 Å². The number of aliphatic imine (C=N–C) groups is 1. The van der Waals surface area contributed by atoms with E-state index in [4.69, 9.17) is 11.5 Å². The largest absolute Gasteiger partial charge is 0.393 e. The van der Waals surface area contributed by atoms with Crippen LogP contribution >= 0.6 is 11.8 Å². The van der Waals surface area contributed by atoms with Gasteiger partial charge in [-0.15, -0.1) is 0 Å². The van der Waals surface area contributed by atoms with Crippen molar-refractivity contribution in [3.63, 3.8) is 0 Å². The molecule has 0 aromatic carbocycles. The first-order valence-electron chi connectivity index (χ1n) is 5.08. The second-order valence-corrected chi connectivity index (χ2v) is 4.82. The number of nitrogens with two attached hydrogens (primary N) is 2. The third-order valence-corrected chi connectivity index (χ3v) is 3.08. The summed E-state index contributed by atoms with van der Waals surface area (Å²) in [4.78, 5) is 21.9. The van der Waals surface area contributed by atoms with Crippen LogP contribution in [0.25, 0.3) is 0 Å². The zero-order valence-corrected chi connectivity index (χ0v) is 9.78. The Hall–Kier alpha value is -1.38. The second-order valence-electron chi connectivity index (χ2n) is 3.76. The van der Waals surface area contributed by atoms with Crippen molar-refractivity contribution in [2.24, 2.45) is 10.7 Å². The van der Waals surface area contributed by atoms with Crippen LogP contribution in [0.2, 0.25) is 0 Å². The van der Waals surface area contributed by atoms with E-state index in [1.807, 2.05) is 0 Å². The predicted octanol–water partition coefficient (Wildman–Crippen LogP) is -0.718. The Labute approximate surface area is 101 Å². The highest BCUT2D eigenvalue weighted by molar-refractivity contribution is 8.13. The Morgan fingerprint density at radius 3 is 3.00 bits per heavy atom. The molecule has 1 aliphatic rings. The third kappa shape index (κ3) is 3.29. The number of nitrogen functional groups attached to an aromatic ring is 1. The molecule has 0 radical (unpaired) electrons. The van der Waals surface area contributed by atoms with Crippen LogP contribution in [-0.4, -0.2) is 32.4 Å². The van der Waals surface area contributed by atoms with Gasteiger partial charge in [-0.05, 0) is 11.8 Å². The molecule has 6 N–H and O–H groups in total. The minimum atomic E-state index is -0.502. The van der Waals surface area contributed by atoms with Gasteiger partial charge in [0.15, 0.2) is 5.16 Å². The number of anilines is 1. The zero-order chi connectivity index (χ0) is 12.4. The zero-order valence-electron chi connectivity index (χ0n) is 8.96. The molecule has 1 aromatic rings. The van der Waals surface area contributed by atoms with Crippen LogP contribution in [0.4, 0.5) is 5.82 Å². The Balaban J connectivity index is 2.18. The van der Waals surface area contributed by atoms with E-state index in [-0.39, 0.29) is 11.4 Å². The summed E-state index contributed by atoms with van der Waals surface area (Å²) in [7, 11) is 0. The summed E-state index contributed by atoms with van der Waals surface area (Å²) in [6, 6.07) is 1.20. The van der Waals surface area contributed by atoms with Gasteiger partial charge in [0, 0.05) is 18.9 Å². The Bertz CT molecular complexity index is 500. The van der Waals surface area contributed by atoms with Crippen molar-refractivity contribution in [1.82, 2.24) is 9.97 Å². The second kappa shape index (κ2) is 4.86. The number of hydrogen-bond acceptors (Lipinski definition) is 7. The summed E-state index contributed by atoms with van der Waals surface area (Å²) in [6.07, 6.45) is -0.0474. The molecular weight excluding hydrogens is 242 g/mol. The number of rotatable bonds is 1. The van der Waals surface area contributed by atoms with Crippen molar-refractivity contribution in [1.29, 1.82) is 0 Å². The number of aliphatic hydroxyl groups is 1. The number of aliphatic hydroxyl groups excluding tert-OH is 1. The van der Waals surface area contributed by atoms with Crippen molar-refractivity contribution in [2.75, 3.05) is 5.73 Å². The van der Waals surface area contributed by atoms with Gasteiger partial charge >= 0.3 is 0 Å². The van der Waals surface area contributed by atoms with E-state index in [9.17, 15) is 9.90 Å². The lowest BCUT2D eigenvalue weighted by molar-refractivity contribution is 0.159. The molecule has 0 saturated carbocycles. The molecule has 1 aliphatic heterocycles. The predicted molar refractivity (Wildman–Crippen MR) is 65.8 cm³/mol. The summed E-state index contributed by atoms with van der Waals surface area (Å²) >= 11 is 1.16. The molecule has 0 saturated heterocycles. The number of hydrogen-bond donors (Lipinski definition) is 4. The molecule has 0 unspecified atom stereocenters. The van der Waals surface area contributed by atoms with Gasteiger partial charge in [-0.25, -0.2) is 4.98 Å². The van der Waals surface area contributed by atoms with Crippen LogP contribution in [0.15, 0.2) is 21.0 Å². The molecule has 1 aromatic heterocycles. The van der Waals surface area contributed by atoms with Gasteiger partial charge in [0.25, 0.3) is 5.56 Å². The number of nitrogens with zero attached hydrogens (tertiary/aromatic N) is 2. The summed E-state index contributed by atoms with van der Waals surface area (Å²) in [5.41, 5.74) is 10.8. The Morgan fingerprint density at radius 2 is 2.35 bits per heavy atom. The SMILES string of the molecule is Nc1cc(=O)[nH]c(SC2=N[C@@H](N)C[C@@H](O)C2)n1. The van der Waals surface area contributed by atoms with E-state index in [0.717, 1.165) is 11.8 Å². The average Bonchev–Trinajstić information content (AvgIpc) is 2.13. The molecule has 0 spiro atoms. The fraction of sp³-hybridized carbons (Fsp3) is 0.444. The monoisotopic (exact) mass is 255 g/mol. The van der Waals surface area contributed by atoms with Crippen LogP contribution < -0.4 is 17.0 Å². The first-order chi connectivity index (χ1) is 8.02. The number of thioether (sulfide) groups is 1. The van der Waals surface area contributed by atoms with Crippen LogP contribution in [0.1, 0.15) is 12.8 Å². The molecule has 0 bridgehead atoms. The average molecular weight is 255 g/mol. The van der Waals surface area contributed by atoms with Gasteiger partial charge in [0.2, 0.25) is 0 Å². The highest BCUT2D eigenvalue weighted by atomic mass is 32.2. The quantitative estimate of drug-likeness (QED) is 0.490. The maximum atomic E-state index is 11.2. The molecule has 0 amide bonds. The van der Waals surface area contributed by atoms with Gasteiger partial charge in [-0.1, -0.05) is 0 Å². The topological polar surface area (TPSA) is 130 Å². The molecule has 92 valence electrons. The minimum Gasteiger partial charge on any atom is -0.393 e. The number of nitrogens with one attached hydrogen (secondary N) is 1. The highest BCUT2D eigenvalue weighted by Gasteiger charge is 2.20. The molecular formula is C9H13N5O2S. The van der Waals surface area contributed by atoms with Crippen molar-refractivity contribution in [3.05, 3.63) is 16.4 Å². The number of aromatic nitrogens is 2. The van der Waals surface area contributed by atoms with Gasteiger partial charge in [0.1, 0.15) is 12.0 Å². The molecule has 0 aliphatic carbocycles. The first-order valence-corrected chi connectivity index (χ1v) is 5.89. The number of aromatic amines is 1. The molecule has 2 rings (SSSR count). The molecule has 7 nitrogen and oxygen atoms in total. The van der Waals surface area contributed by atoms with Gasteiger partial charge < -0.3 is 21.6 Å². The summed E-state index contributed by atoms with van der Waals surface area (Å²) in [5.74, 6) is 0.150. The third-order valence-electron chi connectivity index (χ3n) is 2.19. The van der Waals surface area contributed by atoms with Crippen LogP contribution in [-0.2, 0) is 0 Å². The first kappa shape index (κ1) is 12.1. The number of H-pyrrole nitrogens is 1. The lowest BCUT2D eigenvalue weighted by atomic mass is 10.1. The van der Waals surface area contributed by atoms with Crippen molar-refractivity contribution < 1.29 is 5.11 Å². The van der Waals surface area contributed by atoms with Crippen molar-refractivity contribution in [3.8, 4) is 0 Å². The minimum absolute atomic E-state index is 0.150. The lowest BCUT2D eigenvalue weighted by Crippen LogP contribution is -2.31. The molecule has 8 heteroatoms. The fourth-order valence-corrected chi connectivity index (χ4v) is 2.52. The van der Waals surface area contributed by atoms with E-state index in [0.29, 0.717) is 23.0 Å². The maximum absolute atomic E-state index is 11.2. The smallest absolute Gasteiger partial charge is 0.253 e. The normalized spacial score (nSPS) is 24.5. The molecule has 0 fully saturated rings. The summed E-state index contributed by atoms with van der Waals surface area (Å²) < 4.78 is 0. The van der Waals surface area contributed by atoms with E-state index in [1.54, 1.807) is 0 Å². The summed E-state index contributed by atoms with van der Waals surface area (Å²) in [5, 5.41) is 10.5. The van der Waals surface area contributed by atoms with Crippen molar-refractivity contribution in [2.45, 2.75) is 30.3 Å². The van der Waals surface area contributed by atoms with Crippen LogP contribution in [0, 0.1) is 0 Å². The van der Waals surface area contributed by atoms with Gasteiger partial charge in [0.05, 0.1) is 11.1 Å². The van der Waals surface area contributed by atoms with Crippen LogP contribution in [0.3, 0.4) is 0 Å². The van der Waals surface area contributed by atoms with E-state index < -0.39 is 12.3 Å². The van der Waals surface area contributed by atoms with E-state index >= 15 is 0 Å². The lowest BCUT2D eigenvalue weighted by Gasteiger charge is -2.20. The standard InChI is InChI=1S/C9H13N5O2S/c10-5-1-4(15)2-8(12-5)17-9-13-6(11)3-7(16)14-9/h3-5,15H,1-2,10H2,(H3,11,13,14,16)/t4-,5-/m1/s1. The van der Waals surface area contributed by atoms with Crippen molar-refractivity contribution >= 4 is 22.6 Å². The van der Waals surface area contributed by atoms with E-state index in [2.05, 4.69) is 15.0 Å². The van der Waals surface area contributed by atoms with Gasteiger partial charge in [-0.2, -0.15) is 0 Å². The Morgan fingerprint density at radius 1 is 1.59 bits per heavy atom. The molecule has 17 heavy (non-hydrogen) atoms. The molecule has 2 atom stereocenters.